The van der Waals surface area contributed by atoms with Crippen molar-refractivity contribution in [2.75, 3.05) is 18.1 Å². The van der Waals surface area contributed by atoms with Gasteiger partial charge in [-0.3, -0.25) is 4.90 Å². The normalized spacial score (nSPS) is 17.0. The SMILES string of the molecule is O=C(Oc1ccc(N2CCOC2=O)cc1)c1cc2c(s1)CCCCC2. The minimum Gasteiger partial charge on any atom is -0.447 e. The van der Waals surface area contributed by atoms with Gasteiger partial charge in [-0.05, 0) is 61.6 Å². The summed E-state index contributed by atoms with van der Waals surface area (Å²) >= 11 is 1.56. The van der Waals surface area contributed by atoms with Gasteiger partial charge in [0.2, 0.25) is 0 Å². The van der Waals surface area contributed by atoms with Gasteiger partial charge in [-0.25, -0.2) is 9.59 Å². The first-order valence-corrected chi connectivity index (χ1v) is 9.40. The van der Waals surface area contributed by atoms with Gasteiger partial charge in [-0.15, -0.1) is 11.3 Å². The van der Waals surface area contributed by atoms with Crippen LogP contribution in [-0.2, 0) is 17.6 Å². The second kappa shape index (κ2) is 6.88. The van der Waals surface area contributed by atoms with Crippen molar-refractivity contribution in [3.8, 4) is 5.75 Å². The number of esters is 1. The van der Waals surface area contributed by atoms with Crippen LogP contribution in [0.2, 0.25) is 0 Å². The standard InChI is InChI=1S/C19H19NO4S/c21-18(17-12-13-4-2-1-3-5-16(13)25-17)24-15-8-6-14(7-9-15)20-10-11-23-19(20)22/h6-9,12H,1-5,10-11H2. The first-order valence-electron chi connectivity index (χ1n) is 8.59. The van der Waals surface area contributed by atoms with Crippen LogP contribution < -0.4 is 9.64 Å². The number of amides is 1. The van der Waals surface area contributed by atoms with Gasteiger partial charge in [-0.2, -0.15) is 0 Å². The van der Waals surface area contributed by atoms with Crippen LogP contribution in [0.4, 0.5) is 10.5 Å². The van der Waals surface area contributed by atoms with Gasteiger partial charge >= 0.3 is 12.1 Å². The van der Waals surface area contributed by atoms with Crippen LogP contribution in [0.25, 0.3) is 0 Å². The molecule has 0 spiro atoms. The number of rotatable bonds is 3. The van der Waals surface area contributed by atoms with Crippen LogP contribution in [0.1, 0.15) is 39.4 Å². The van der Waals surface area contributed by atoms with E-state index in [0.717, 1.165) is 18.5 Å². The fourth-order valence-electron chi connectivity index (χ4n) is 3.25. The number of ether oxygens (including phenoxy) is 2. The second-order valence-electron chi connectivity index (χ2n) is 6.27. The first-order chi connectivity index (χ1) is 12.2. The molecule has 130 valence electrons. The highest BCUT2D eigenvalue weighted by molar-refractivity contribution is 7.14. The average Bonchev–Trinajstić information content (AvgIpc) is 3.16. The molecule has 2 aliphatic rings. The maximum atomic E-state index is 12.4. The number of anilines is 1. The Hall–Kier alpha value is -2.34. The number of carbonyl (C=O) groups excluding carboxylic acids is 2. The smallest absolute Gasteiger partial charge is 0.414 e. The third-order valence-electron chi connectivity index (χ3n) is 4.57. The van der Waals surface area contributed by atoms with Gasteiger partial charge in [0.25, 0.3) is 0 Å². The Morgan fingerprint density at radius 3 is 2.68 bits per heavy atom. The Balaban J connectivity index is 1.45. The molecule has 0 bridgehead atoms. The number of fused-ring (bicyclic) bond motifs is 1. The van der Waals surface area contributed by atoms with E-state index in [9.17, 15) is 9.59 Å². The maximum absolute atomic E-state index is 12.4. The predicted octanol–water partition coefficient (Wildman–Crippen LogP) is 4.19. The van der Waals surface area contributed by atoms with Crippen molar-refractivity contribution >= 4 is 29.1 Å². The Labute approximate surface area is 150 Å². The van der Waals surface area contributed by atoms with E-state index in [4.69, 9.17) is 9.47 Å². The third kappa shape index (κ3) is 3.39. The topological polar surface area (TPSA) is 55.8 Å². The number of cyclic esters (lactones) is 1. The zero-order valence-electron chi connectivity index (χ0n) is 13.8. The maximum Gasteiger partial charge on any atom is 0.414 e. The molecule has 1 amide bonds. The summed E-state index contributed by atoms with van der Waals surface area (Å²) in [5.41, 5.74) is 2.04. The van der Waals surface area contributed by atoms with E-state index in [0.29, 0.717) is 23.8 Å². The molecular weight excluding hydrogens is 338 g/mol. The number of benzene rings is 1. The summed E-state index contributed by atoms with van der Waals surface area (Å²) in [4.78, 5) is 27.5. The van der Waals surface area contributed by atoms with Crippen LogP contribution >= 0.6 is 11.3 Å². The fourth-order valence-corrected chi connectivity index (χ4v) is 4.38. The Morgan fingerprint density at radius 2 is 1.92 bits per heavy atom. The molecule has 1 aliphatic heterocycles. The monoisotopic (exact) mass is 357 g/mol. The number of aryl methyl sites for hydroxylation is 2. The minimum atomic E-state index is -0.343. The van der Waals surface area contributed by atoms with E-state index in [2.05, 4.69) is 0 Å². The molecule has 1 saturated heterocycles. The molecule has 0 N–H and O–H groups in total. The molecule has 6 heteroatoms. The highest BCUT2D eigenvalue weighted by atomic mass is 32.1. The Bertz CT molecular complexity index is 773. The van der Waals surface area contributed by atoms with Crippen molar-refractivity contribution in [3.05, 3.63) is 45.6 Å². The number of thiophene rings is 1. The lowest BCUT2D eigenvalue weighted by Crippen LogP contribution is -2.23. The summed E-state index contributed by atoms with van der Waals surface area (Å²) in [6.45, 7) is 0.942. The van der Waals surface area contributed by atoms with Crippen LogP contribution in [0.3, 0.4) is 0 Å². The number of hydrogen-bond acceptors (Lipinski definition) is 5. The first kappa shape index (κ1) is 16.1. The number of carbonyl (C=O) groups is 2. The van der Waals surface area contributed by atoms with Gasteiger partial charge in [0.05, 0.1) is 6.54 Å². The molecule has 0 saturated carbocycles. The van der Waals surface area contributed by atoms with Crippen molar-refractivity contribution in [1.82, 2.24) is 0 Å². The van der Waals surface area contributed by atoms with Crippen molar-refractivity contribution in [2.45, 2.75) is 32.1 Å². The average molecular weight is 357 g/mol. The van der Waals surface area contributed by atoms with E-state index in [1.54, 1.807) is 40.5 Å². The molecular formula is C19H19NO4S. The highest BCUT2D eigenvalue weighted by Crippen LogP contribution is 2.30. The van der Waals surface area contributed by atoms with E-state index < -0.39 is 0 Å². The molecule has 1 aliphatic carbocycles. The lowest BCUT2D eigenvalue weighted by molar-refractivity contribution is 0.0739. The van der Waals surface area contributed by atoms with E-state index in [1.165, 1.54) is 29.7 Å². The minimum absolute atomic E-state index is 0.314. The van der Waals surface area contributed by atoms with Crippen LogP contribution in [-0.4, -0.2) is 25.2 Å². The fraction of sp³-hybridized carbons (Fsp3) is 0.368. The molecule has 4 rings (SSSR count). The molecule has 0 unspecified atom stereocenters. The summed E-state index contributed by atoms with van der Waals surface area (Å²) in [6.07, 6.45) is 5.43. The molecule has 2 aromatic rings. The molecule has 1 aromatic heterocycles. The van der Waals surface area contributed by atoms with Crippen molar-refractivity contribution < 1.29 is 19.1 Å². The van der Waals surface area contributed by atoms with Gasteiger partial charge in [0.15, 0.2) is 0 Å². The van der Waals surface area contributed by atoms with E-state index in [1.807, 2.05) is 6.07 Å². The van der Waals surface area contributed by atoms with E-state index in [-0.39, 0.29) is 12.1 Å². The van der Waals surface area contributed by atoms with E-state index >= 15 is 0 Å². The summed E-state index contributed by atoms with van der Waals surface area (Å²) in [6, 6.07) is 8.93. The highest BCUT2D eigenvalue weighted by Gasteiger charge is 2.23. The molecule has 1 fully saturated rings. The van der Waals surface area contributed by atoms with Gasteiger partial charge in [0, 0.05) is 10.6 Å². The van der Waals surface area contributed by atoms with Gasteiger partial charge in [-0.1, -0.05) is 6.42 Å². The zero-order valence-corrected chi connectivity index (χ0v) is 14.6. The lowest BCUT2D eigenvalue weighted by Gasteiger charge is -2.12. The zero-order chi connectivity index (χ0) is 17.2. The second-order valence-corrected chi connectivity index (χ2v) is 7.41. The van der Waals surface area contributed by atoms with Crippen LogP contribution in [0.15, 0.2) is 30.3 Å². The van der Waals surface area contributed by atoms with Crippen LogP contribution in [0.5, 0.6) is 5.75 Å². The summed E-state index contributed by atoms with van der Waals surface area (Å²) in [5, 5.41) is 0. The van der Waals surface area contributed by atoms with Crippen molar-refractivity contribution in [3.63, 3.8) is 0 Å². The van der Waals surface area contributed by atoms with Crippen molar-refractivity contribution in [1.29, 1.82) is 0 Å². The summed E-state index contributed by atoms with van der Waals surface area (Å²) in [5.74, 6) is 0.163. The molecule has 5 nitrogen and oxygen atoms in total. The largest absolute Gasteiger partial charge is 0.447 e. The number of nitrogens with zero attached hydrogens (tertiary/aromatic N) is 1. The Kier molecular flexibility index (Phi) is 4.44. The molecule has 2 heterocycles. The lowest BCUT2D eigenvalue weighted by atomic mass is 10.1. The number of hydrogen-bond donors (Lipinski definition) is 0. The quantitative estimate of drug-likeness (QED) is 0.469. The van der Waals surface area contributed by atoms with Gasteiger partial charge < -0.3 is 9.47 Å². The summed E-state index contributed by atoms with van der Waals surface area (Å²) < 4.78 is 10.4. The predicted molar refractivity (Wildman–Crippen MR) is 95.7 cm³/mol. The molecule has 1 aromatic carbocycles. The summed E-state index contributed by atoms with van der Waals surface area (Å²) in [7, 11) is 0. The van der Waals surface area contributed by atoms with Crippen LogP contribution in [0, 0.1) is 0 Å². The van der Waals surface area contributed by atoms with Crippen molar-refractivity contribution in [2.24, 2.45) is 0 Å². The Morgan fingerprint density at radius 1 is 1.12 bits per heavy atom. The third-order valence-corrected chi connectivity index (χ3v) is 5.78. The molecule has 0 radical (unpaired) electrons. The molecule has 25 heavy (non-hydrogen) atoms. The molecule has 0 atom stereocenters. The van der Waals surface area contributed by atoms with Gasteiger partial charge in [0.1, 0.15) is 17.2 Å².